The Hall–Kier alpha value is -4.89. The smallest absolute Gasteiger partial charge is 0.270 e. The van der Waals surface area contributed by atoms with E-state index in [0.29, 0.717) is 35.7 Å². The number of imidazole rings is 1. The molecule has 2 N–H and O–H groups in total. The Balaban J connectivity index is 0.946. The molecule has 0 radical (unpaired) electrons. The minimum absolute atomic E-state index is 0.0159. The summed E-state index contributed by atoms with van der Waals surface area (Å²) in [6.07, 6.45) is 1.62. The zero-order chi connectivity index (χ0) is 27.5. The predicted molar refractivity (Wildman–Crippen MR) is 159 cm³/mol. The summed E-state index contributed by atoms with van der Waals surface area (Å²) in [5, 5.41) is 4.08. The van der Waals surface area contributed by atoms with E-state index >= 15 is 0 Å². The quantitative estimate of drug-likeness (QED) is 0.296. The first-order valence-corrected chi connectivity index (χ1v) is 14.4. The van der Waals surface area contributed by atoms with Crippen LogP contribution in [0, 0.1) is 11.8 Å². The molecule has 2 amide bonds. The van der Waals surface area contributed by atoms with Gasteiger partial charge in [0.25, 0.3) is 11.8 Å². The number of rotatable bonds is 5. The summed E-state index contributed by atoms with van der Waals surface area (Å²) in [7, 11) is 0. The number of piperidine rings is 1. The van der Waals surface area contributed by atoms with E-state index in [0.717, 1.165) is 31.8 Å². The highest BCUT2D eigenvalue weighted by Gasteiger charge is 2.57. The third-order valence-electron chi connectivity index (χ3n) is 8.10. The van der Waals surface area contributed by atoms with Crippen molar-refractivity contribution in [1.82, 2.24) is 30.2 Å². The number of amides is 2. The molecule has 3 aromatic heterocycles. The van der Waals surface area contributed by atoms with Crippen LogP contribution in [0.25, 0.3) is 43.2 Å². The lowest BCUT2D eigenvalue weighted by Crippen LogP contribution is -2.37. The Morgan fingerprint density at radius 3 is 2.51 bits per heavy atom. The van der Waals surface area contributed by atoms with Crippen LogP contribution in [0.4, 0.5) is 0 Å². The van der Waals surface area contributed by atoms with Gasteiger partial charge in [-0.1, -0.05) is 36.4 Å². The summed E-state index contributed by atoms with van der Waals surface area (Å²) >= 11 is 1.63. The molecule has 8 nitrogen and oxygen atoms in total. The molecule has 200 valence electrons. The summed E-state index contributed by atoms with van der Waals surface area (Å²) in [4.78, 5) is 45.7. The maximum absolute atomic E-state index is 13.4. The zero-order valence-electron chi connectivity index (χ0n) is 21.8. The Morgan fingerprint density at radius 2 is 1.68 bits per heavy atom. The number of hydrogen-bond donors (Lipinski definition) is 2. The van der Waals surface area contributed by atoms with Gasteiger partial charge in [-0.2, -0.15) is 0 Å². The molecule has 2 atom stereocenters. The second kappa shape index (κ2) is 9.35. The fraction of sp³-hybridized carbons (Fsp3) is 0.156. The van der Waals surface area contributed by atoms with E-state index in [1.807, 2.05) is 77.7 Å². The molecule has 1 aliphatic carbocycles. The van der Waals surface area contributed by atoms with Crippen molar-refractivity contribution in [3.63, 3.8) is 0 Å². The van der Waals surface area contributed by atoms with Crippen molar-refractivity contribution >= 4 is 44.4 Å². The van der Waals surface area contributed by atoms with Crippen molar-refractivity contribution in [3.05, 3.63) is 102 Å². The number of thiazole rings is 1. The second-order valence-electron chi connectivity index (χ2n) is 10.6. The molecule has 3 aromatic carbocycles. The molecule has 9 heteroatoms. The first-order chi connectivity index (χ1) is 20.1. The molecular weight excluding hydrogens is 532 g/mol. The Morgan fingerprint density at radius 1 is 0.878 bits per heavy atom. The summed E-state index contributed by atoms with van der Waals surface area (Å²) in [6.45, 7) is 1.25. The van der Waals surface area contributed by atoms with Gasteiger partial charge in [0.15, 0.2) is 0 Å². The monoisotopic (exact) mass is 556 g/mol. The van der Waals surface area contributed by atoms with Crippen LogP contribution in [0.2, 0.25) is 0 Å². The SMILES string of the molecule is O=C(NC1C2CN(C(=O)c3cccc(-c4nc5ccccc5s4)c3)CC21)c1ncccc1-c1nc2ccccc2[nH]1. The number of hydrogen-bond acceptors (Lipinski definition) is 6. The zero-order valence-corrected chi connectivity index (χ0v) is 22.6. The van der Waals surface area contributed by atoms with Gasteiger partial charge >= 0.3 is 0 Å². The highest BCUT2D eigenvalue weighted by atomic mass is 32.1. The largest absolute Gasteiger partial charge is 0.347 e. The molecule has 1 saturated carbocycles. The predicted octanol–water partition coefficient (Wildman–Crippen LogP) is 5.40. The first-order valence-electron chi connectivity index (χ1n) is 13.6. The van der Waals surface area contributed by atoms with Crippen LogP contribution in [-0.2, 0) is 0 Å². The number of nitrogens with zero attached hydrogens (tertiary/aromatic N) is 4. The third-order valence-corrected chi connectivity index (χ3v) is 9.18. The lowest BCUT2D eigenvalue weighted by atomic mass is 10.1. The topological polar surface area (TPSA) is 104 Å². The van der Waals surface area contributed by atoms with Gasteiger partial charge in [-0.15, -0.1) is 11.3 Å². The van der Waals surface area contributed by atoms with Crippen molar-refractivity contribution in [1.29, 1.82) is 0 Å². The van der Waals surface area contributed by atoms with E-state index in [4.69, 9.17) is 4.98 Å². The number of H-pyrrole nitrogens is 1. The molecule has 1 saturated heterocycles. The Labute approximate surface area is 239 Å². The highest BCUT2D eigenvalue weighted by Crippen LogP contribution is 2.46. The van der Waals surface area contributed by atoms with Gasteiger partial charge in [0.1, 0.15) is 16.5 Å². The van der Waals surface area contributed by atoms with E-state index in [-0.39, 0.29) is 29.7 Å². The molecule has 0 spiro atoms. The van der Waals surface area contributed by atoms with Crippen molar-refractivity contribution in [3.8, 4) is 22.0 Å². The lowest BCUT2D eigenvalue weighted by Gasteiger charge is -2.20. The Bertz CT molecular complexity index is 1900. The van der Waals surface area contributed by atoms with Gasteiger partial charge in [0.2, 0.25) is 0 Å². The number of benzene rings is 3. The van der Waals surface area contributed by atoms with Crippen molar-refractivity contribution in [2.45, 2.75) is 6.04 Å². The molecular formula is C32H24N6O2S. The van der Waals surface area contributed by atoms with Crippen LogP contribution in [0.5, 0.6) is 0 Å². The highest BCUT2D eigenvalue weighted by molar-refractivity contribution is 7.21. The number of fused-ring (bicyclic) bond motifs is 3. The normalized spacial score (nSPS) is 19.4. The molecule has 8 rings (SSSR count). The number of para-hydroxylation sites is 3. The third kappa shape index (κ3) is 4.17. The van der Waals surface area contributed by atoms with Gasteiger partial charge in [-0.3, -0.25) is 14.6 Å². The standard InChI is InChI=1S/C32H24N6O2S/c39-30(28-20(9-6-14-33-28)29-34-23-10-1-2-11-24(23)35-29)37-27-21-16-38(17-22(21)27)32(40)19-8-5-7-18(15-19)31-36-25-12-3-4-13-26(25)41-31/h1-15,21-22,27H,16-17H2,(H,34,35)(H,37,39). The summed E-state index contributed by atoms with van der Waals surface area (Å²) in [6, 6.07) is 27.2. The van der Waals surface area contributed by atoms with Gasteiger partial charge in [-0.25, -0.2) is 9.97 Å². The van der Waals surface area contributed by atoms with E-state index in [1.165, 1.54) is 0 Å². The number of carbonyl (C=O) groups is 2. The molecule has 2 fully saturated rings. The fourth-order valence-corrected chi connectivity index (χ4v) is 6.91. The number of carbonyl (C=O) groups excluding carboxylic acids is 2. The van der Waals surface area contributed by atoms with E-state index in [2.05, 4.69) is 26.3 Å². The number of likely N-dealkylation sites (tertiary alicyclic amines) is 1. The number of nitrogens with one attached hydrogen (secondary N) is 2. The molecule has 6 aromatic rings. The molecule has 1 aliphatic heterocycles. The van der Waals surface area contributed by atoms with Gasteiger partial charge in [0.05, 0.1) is 21.3 Å². The van der Waals surface area contributed by atoms with E-state index < -0.39 is 0 Å². The van der Waals surface area contributed by atoms with Crippen molar-refractivity contribution in [2.24, 2.45) is 11.8 Å². The molecule has 0 bridgehead atoms. The van der Waals surface area contributed by atoms with E-state index in [9.17, 15) is 9.59 Å². The molecule has 2 aliphatic rings. The van der Waals surface area contributed by atoms with Crippen LogP contribution >= 0.6 is 11.3 Å². The number of aromatic amines is 1. The first kappa shape index (κ1) is 24.0. The van der Waals surface area contributed by atoms with E-state index in [1.54, 1.807) is 23.6 Å². The fourth-order valence-electron chi connectivity index (χ4n) is 5.95. The molecule has 41 heavy (non-hydrogen) atoms. The van der Waals surface area contributed by atoms with Crippen LogP contribution in [0.1, 0.15) is 20.8 Å². The average Bonchev–Trinajstić information content (AvgIpc) is 3.48. The summed E-state index contributed by atoms with van der Waals surface area (Å²) in [5.74, 6) is 0.900. The average molecular weight is 557 g/mol. The molecule has 2 unspecified atom stereocenters. The maximum Gasteiger partial charge on any atom is 0.270 e. The maximum atomic E-state index is 13.4. The number of aromatic nitrogens is 4. The van der Waals surface area contributed by atoms with Gasteiger partial charge in [-0.05, 0) is 48.5 Å². The van der Waals surface area contributed by atoms with Gasteiger partial charge < -0.3 is 15.2 Å². The minimum Gasteiger partial charge on any atom is -0.347 e. The van der Waals surface area contributed by atoms with Crippen LogP contribution < -0.4 is 5.32 Å². The van der Waals surface area contributed by atoms with Crippen LogP contribution in [0.3, 0.4) is 0 Å². The van der Waals surface area contributed by atoms with Crippen LogP contribution in [-0.4, -0.2) is 55.8 Å². The minimum atomic E-state index is -0.220. The summed E-state index contributed by atoms with van der Waals surface area (Å²) < 4.78 is 1.13. The second-order valence-corrected chi connectivity index (χ2v) is 11.6. The Kier molecular flexibility index (Phi) is 5.46. The van der Waals surface area contributed by atoms with Crippen molar-refractivity contribution in [2.75, 3.05) is 13.1 Å². The van der Waals surface area contributed by atoms with Gasteiger partial charge in [0, 0.05) is 53.9 Å². The van der Waals surface area contributed by atoms with Crippen molar-refractivity contribution < 1.29 is 9.59 Å². The lowest BCUT2D eigenvalue weighted by molar-refractivity contribution is 0.0769. The van der Waals surface area contributed by atoms with Crippen LogP contribution in [0.15, 0.2) is 91.1 Å². The number of pyridine rings is 1. The summed E-state index contributed by atoms with van der Waals surface area (Å²) in [5.41, 5.74) is 5.32. The molecule has 4 heterocycles.